The van der Waals surface area contributed by atoms with Crippen LogP contribution in [0.4, 0.5) is 10.5 Å². The van der Waals surface area contributed by atoms with E-state index in [1.54, 1.807) is 0 Å². The van der Waals surface area contributed by atoms with Crippen molar-refractivity contribution in [1.82, 2.24) is 25.4 Å². The highest BCUT2D eigenvalue weighted by atomic mass is 16.5. The largest absolute Gasteiger partial charge is 0.378 e. The number of ether oxygens (including phenoxy) is 1. The number of piperidine rings is 1. The van der Waals surface area contributed by atoms with Gasteiger partial charge in [0, 0.05) is 12.1 Å². The molecule has 8 heteroatoms. The Labute approximate surface area is 165 Å². The average Bonchev–Trinajstić information content (AvgIpc) is 3.33. The second-order valence-corrected chi connectivity index (χ2v) is 7.62. The Morgan fingerprint density at radius 3 is 2.71 bits per heavy atom. The molecule has 4 rings (SSSR count). The number of H-pyrrole nitrogens is 1. The number of aryl methyl sites for hydroxylation is 1. The summed E-state index contributed by atoms with van der Waals surface area (Å²) in [6.45, 7) is 5.34. The maximum Gasteiger partial charge on any atom is 0.319 e. The average molecular weight is 384 g/mol. The minimum absolute atomic E-state index is 0.0337. The molecule has 2 saturated heterocycles. The zero-order valence-corrected chi connectivity index (χ0v) is 16.3. The highest BCUT2D eigenvalue weighted by Crippen LogP contribution is 2.19. The number of carbonyl (C=O) groups is 1. The Balaban J connectivity index is 1.29. The number of anilines is 1. The molecule has 0 bridgehead atoms. The Kier molecular flexibility index (Phi) is 5.87. The fraction of sp³-hybridized carbons (Fsp3) is 0.550. The lowest BCUT2D eigenvalue weighted by atomic mass is 10.1. The number of rotatable bonds is 5. The lowest BCUT2D eigenvalue weighted by Crippen LogP contribution is -2.53. The van der Waals surface area contributed by atoms with Gasteiger partial charge in [0.15, 0.2) is 5.82 Å². The third-order valence-corrected chi connectivity index (χ3v) is 5.44. The van der Waals surface area contributed by atoms with Crippen LogP contribution in [0, 0.1) is 6.92 Å². The molecule has 1 aromatic carbocycles. The van der Waals surface area contributed by atoms with Gasteiger partial charge in [-0.1, -0.05) is 18.6 Å². The molecule has 2 aromatic rings. The minimum Gasteiger partial charge on any atom is -0.378 e. The van der Waals surface area contributed by atoms with E-state index in [-0.39, 0.29) is 18.1 Å². The van der Waals surface area contributed by atoms with Crippen LogP contribution in [0.2, 0.25) is 0 Å². The Hall–Kier alpha value is -2.45. The van der Waals surface area contributed by atoms with Crippen LogP contribution < -0.4 is 10.6 Å². The van der Waals surface area contributed by atoms with Gasteiger partial charge >= 0.3 is 6.03 Å². The van der Waals surface area contributed by atoms with Gasteiger partial charge in [0.2, 0.25) is 0 Å². The number of nitrogens with zero attached hydrogens (tertiary/aromatic N) is 3. The lowest BCUT2D eigenvalue weighted by molar-refractivity contribution is 0.125. The van der Waals surface area contributed by atoms with Crippen molar-refractivity contribution < 1.29 is 9.53 Å². The summed E-state index contributed by atoms with van der Waals surface area (Å²) in [5.74, 6) is 1.57. The Morgan fingerprint density at radius 1 is 1.21 bits per heavy atom. The molecule has 2 fully saturated rings. The van der Waals surface area contributed by atoms with Gasteiger partial charge in [0.05, 0.1) is 25.3 Å². The summed E-state index contributed by atoms with van der Waals surface area (Å²) in [5.41, 5.74) is 1.86. The van der Waals surface area contributed by atoms with Gasteiger partial charge in [0.25, 0.3) is 0 Å². The van der Waals surface area contributed by atoms with Gasteiger partial charge in [-0.2, -0.15) is 5.10 Å². The van der Waals surface area contributed by atoms with E-state index in [0.717, 1.165) is 36.0 Å². The Bertz CT molecular complexity index is 784. The van der Waals surface area contributed by atoms with Crippen LogP contribution in [0.15, 0.2) is 24.3 Å². The number of hydrogen-bond acceptors (Lipinski definition) is 5. The number of aromatic nitrogens is 3. The molecular formula is C20H28N6O2. The molecule has 2 amide bonds. The lowest BCUT2D eigenvalue weighted by Gasteiger charge is -2.34. The van der Waals surface area contributed by atoms with Crippen molar-refractivity contribution in [2.24, 2.45) is 0 Å². The van der Waals surface area contributed by atoms with Crippen molar-refractivity contribution in [2.75, 3.05) is 31.6 Å². The van der Waals surface area contributed by atoms with Gasteiger partial charge < -0.3 is 15.4 Å². The zero-order chi connectivity index (χ0) is 19.3. The second kappa shape index (κ2) is 8.70. The zero-order valence-electron chi connectivity index (χ0n) is 16.3. The van der Waals surface area contributed by atoms with Gasteiger partial charge in [-0.05, 0) is 50.6 Å². The van der Waals surface area contributed by atoms with Crippen LogP contribution >= 0.6 is 0 Å². The molecule has 3 N–H and O–H groups in total. The molecule has 0 radical (unpaired) electrons. The first-order valence-corrected chi connectivity index (χ1v) is 10.0. The predicted octanol–water partition coefficient (Wildman–Crippen LogP) is 2.08. The third-order valence-electron chi connectivity index (χ3n) is 5.44. The van der Waals surface area contributed by atoms with Crippen LogP contribution in [0.3, 0.4) is 0 Å². The summed E-state index contributed by atoms with van der Waals surface area (Å²) in [7, 11) is 0. The fourth-order valence-electron chi connectivity index (χ4n) is 3.98. The van der Waals surface area contributed by atoms with E-state index in [1.165, 1.54) is 19.3 Å². The van der Waals surface area contributed by atoms with Crippen LogP contribution in [0.5, 0.6) is 0 Å². The first kappa shape index (κ1) is 18.9. The number of nitrogens with one attached hydrogen (secondary N) is 3. The molecule has 28 heavy (non-hydrogen) atoms. The molecule has 1 aromatic heterocycles. The maximum absolute atomic E-state index is 12.5. The molecule has 2 aliphatic rings. The molecule has 0 unspecified atom stereocenters. The molecule has 0 spiro atoms. The number of aromatic amines is 1. The second-order valence-electron chi connectivity index (χ2n) is 7.62. The van der Waals surface area contributed by atoms with Crippen molar-refractivity contribution in [3.05, 3.63) is 41.5 Å². The Morgan fingerprint density at radius 2 is 2.00 bits per heavy atom. The number of likely N-dealkylation sites (tertiary alicyclic amines) is 1. The highest BCUT2D eigenvalue weighted by molar-refractivity contribution is 5.89. The summed E-state index contributed by atoms with van der Waals surface area (Å²) >= 11 is 0. The molecule has 8 nitrogen and oxygen atoms in total. The third kappa shape index (κ3) is 4.69. The number of amides is 2. The van der Waals surface area contributed by atoms with E-state index in [1.807, 2.05) is 31.2 Å². The summed E-state index contributed by atoms with van der Waals surface area (Å²) in [6.07, 6.45) is 4.42. The molecular weight excluding hydrogens is 356 g/mol. The van der Waals surface area contributed by atoms with E-state index in [9.17, 15) is 4.79 Å². The highest BCUT2D eigenvalue weighted by Gasteiger charge is 2.34. The smallest absolute Gasteiger partial charge is 0.319 e. The normalized spacial score (nSPS) is 22.9. The molecule has 2 atom stereocenters. The fourth-order valence-corrected chi connectivity index (χ4v) is 3.98. The standard InChI is InChI=1S/C20H28N6O2/c1-14-21-19(25-24-14)11-15-5-7-16(8-6-15)22-20(27)23-17-12-28-13-18(17)26-9-3-2-4-10-26/h5-8,17-18H,2-4,9-13H2,1H3,(H,21,24,25)(H2,22,23,27)/t17-,18-/m0/s1. The van der Waals surface area contributed by atoms with Crippen LogP contribution in [0.1, 0.15) is 36.5 Å². The van der Waals surface area contributed by atoms with Gasteiger partial charge in [-0.25, -0.2) is 9.78 Å². The quantitative estimate of drug-likeness (QED) is 0.734. The topological polar surface area (TPSA) is 95.2 Å². The number of urea groups is 1. The van der Waals surface area contributed by atoms with Crippen LogP contribution in [-0.2, 0) is 11.2 Å². The molecule has 2 aliphatic heterocycles. The van der Waals surface area contributed by atoms with Crippen LogP contribution in [-0.4, -0.2) is 64.5 Å². The molecule has 0 aliphatic carbocycles. The van der Waals surface area contributed by atoms with Crippen molar-refractivity contribution in [2.45, 2.75) is 44.7 Å². The molecule has 0 saturated carbocycles. The predicted molar refractivity (Wildman–Crippen MR) is 106 cm³/mol. The molecule has 150 valence electrons. The summed E-state index contributed by atoms with van der Waals surface area (Å²) < 4.78 is 5.65. The van der Waals surface area contributed by atoms with E-state index in [2.05, 4.69) is 30.7 Å². The number of carbonyl (C=O) groups excluding carboxylic acids is 1. The van der Waals surface area contributed by atoms with Crippen molar-refractivity contribution >= 4 is 11.7 Å². The summed E-state index contributed by atoms with van der Waals surface area (Å²) in [4.78, 5) is 19.2. The van der Waals surface area contributed by atoms with Gasteiger partial charge in [0.1, 0.15) is 5.82 Å². The minimum atomic E-state index is -0.185. The van der Waals surface area contributed by atoms with Gasteiger partial charge in [-0.3, -0.25) is 10.00 Å². The number of hydrogen-bond donors (Lipinski definition) is 3. The SMILES string of the molecule is Cc1nc(Cc2ccc(NC(=O)N[C@H]3COC[C@@H]3N3CCCCC3)cc2)n[nH]1. The van der Waals surface area contributed by atoms with E-state index in [0.29, 0.717) is 19.6 Å². The van der Waals surface area contributed by atoms with E-state index < -0.39 is 0 Å². The van der Waals surface area contributed by atoms with Crippen molar-refractivity contribution in [3.8, 4) is 0 Å². The van der Waals surface area contributed by atoms with Crippen LogP contribution in [0.25, 0.3) is 0 Å². The van der Waals surface area contributed by atoms with E-state index in [4.69, 9.17) is 4.74 Å². The van der Waals surface area contributed by atoms with Crippen molar-refractivity contribution in [1.29, 1.82) is 0 Å². The van der Waals surface area contributed by atoms with Crippen molar-refractivity contribution in [3.63, 3.8) is 0 Å². The van der Waals surface area contributed by atoms with Gasteiger partial charge in [-0.15, -0.1) is 0 Å². The number of benzene rings is 1. The first-order chi connectivity index (χ1) is 13.7. The molecule has 3 heterocycles. The summed E-state index contributed by atoms with van der Waals surface area (Å²) in [6, 6.07) is 7.90. The maximum atomic E-state index is 12.5. The first-order valence-electron chi connectivity index (χ1n) is 10.0. The summed E-state index contributed by atoms with van der Waals surface area (Å²) in [5, 5.41) is 13.0. The monoisotopic (exact) mass is 384 g/mol. The van der Waals surface area contributed by atoms with E-state index >= 15 is 0 Å².